The molecule has 1 aliphatic carbocycles. The quantitative estimate of drug-likeness (QED) is 0.797. The van der Waals surface area contributed by atoms with Gasteiger partial charge in [0.15, 0.2) is 0 Å². The molecule has 0 bridgehead atoms. The molecule has 1 saturated carbocycles. The summed E-state index contributed by atoms with van der Waals surface area (Å²) in [6, 6.07) is 0.779. The van der Waals surface area contributed by atoms with Crippen LogP contribution in [-0.2, 0) is 0 Å². The van der Waals surface area contributed by atoms with Gasteiger partial charge in [0.25, 0.3) is 0 Å². The van der Waals surface area contributed by atoms with E-state index in [0.29, 0.717) is 5.33 Å². The second-order valence-electron chi connectivity index (χ2n) is 5.06. The lowest BCUT2D eigenvalue weighted by molar-refractivity contribution is 0.104. The van der Waals surface area contributed by atoms with Crippen molar-refractivity contribution in [2.24, 2.45) is 5.92 Å². The minimum atomic E-state index is -0.188. The lowest BCUT2D eigenvalue weighted by atomic mass is 9.96. The van der Waals surface area contributed by atoms with Gasteiger partial charge in [0, 0.05) is 17.9 Å². The summed E-state index contributed by atoms with van der Waals surface area (Å²) < 4.78 is 0. The molecule has 0 aromatic carbocycles. The molecule has 0 aromatic rings. The van der Waals surface area contributed by atoms with Gasteiger partial charge >= 0.3 is 0 Å². The summed E-state index contributed by atoms with van der Waals surface area (Å²) in [5.74, 6) is 0.926. The van der Waals surface area contributed by atoms with Gasteiger partial charge in [-0.1, -0.05) is 28.8 Å². The number of aliphatic hydroxyl groups is 1. The molecule has 1 N–H and O–H groups in total. The molecule has 0 amide bonds. The summed E-state index contributed by atoms with van der Waals surface area (Å²) in [6.45, 7) is 2.07. The van der Waals surface area contributed by atoms with Gasteiger partial charge in [-0.25, -0.2) is 0 Å². The van der Waals surface area contributed by atoms with Crippen LogP contribution in [0.1, 0.15) is 38.5 Å². The number of rotatable bonds is 4. The Labute approximate surface area is 101 Å². The van der Waals surface area contributed by atoms with Crippen LogP contribution < -0.4 is 0 Å². The third kappa shape index (κ3) is 2.95. The van der Waals surface area contributed by atoms with E-state index < -0.39 is 0 Å². The van der Waals surface area contributed by atoms with Crippen LogP contribution in [0.2, 0.25) is 0 Å². The molecule has 0 spiro atoms. The van der Waals surface area contributed by atoms with E-state index in [-0.39, 0.29) is 6.10 Å². The van der Waals surface area contributed by atoms with Gasteiger partial charge in [0.05, 0.1) is 6.10 Å². The first kappa shape index (κ1) is 11.9. The monoisotopic (exact) mass is 275 g/mol. The Hall–Kier alpha value is 0.400. The van der Waals surface area contributed by atoms with E-state index in [1.54, 1.807) is 0 Å². The lowest BCUT2D eigenvalue weighted by Crippen LogP contribution is -2.40. The predicted octanol–water partition coefficient (Wildman–Crippen LogP) is 2.40. The first-order valence-corrected chi connectivity index (χ1v) is 7.41. The molecule has 0 aromatic heterocycles. The van der Waals surface area contributed by atoms with Crippen LogP contribution in [0, 0.1) is 5.92 Å². The van der Waals surface area contributed by atoms with Crippen LogP contribution >= 0.6 is 15.9 Å². The molecule has 2 aliphatic rings. The minimum Gasteiger partial charge on any atom is -0.391 e. The highest BCUT2D eigenvalue weighted by Gasteiger charge is 2.33. The molecule has 3 heteroatoms. The molecular weight excluding hydrogens is 254 g/mol. The van der Waals surface area contributed by atoms with Gasteiger partial charge in [-0.15, -0.1) is 0 Å². The summed E-state index contributed by atoms with van der Waals surface area (Å²) in [4.78, 5) is 2.53. The van der Waals surface area contributed by atoms with Crippen molar-refractivity contribution in [3.8, 4) is 0 Å². The van der Waals surface area contributed by atoms with Crippen LogP contribution in [0.3, 0.4) is 0 Å². The normalized spacial score (nSPS) is 31.2. The van der Waals surface area contributed by atoms with Crippen molar-refractivity contribution in [2.75, 3.05) is 18.4 Å². The fourth-order valence-electron chi connectivity index (χ4n) is 3.27. The Kier molecular flexibility index (Phi) is 4.47. The second-order valence-corrected chi connectivity index (χ2v) is 5.70. The second kappa shape index (κ2) is 5.65. The zero-order valence-electron chi connectivity index (χ0n) is 9.37. The van der Waals surface area contributed by atoms with E-state index in [2.05, 4.69) is 20.8 Å². The van der Waals surface area contributed by atoms with E-state index in [9.17, 15) is 5.11 Å². The maximum absolute atomic E-state index is 9.69. The number of β-amino-alcohol motifs (C(OH)–C–C–N with tert-alkyl or cyclic N) is 1. The lowest BCUT2D eigenvalue weighted by Gasteiger charge is -2.30. The molecule has 2 unspecified atom stereocenters. The predicted molar refractivity (Wildman–Crippen MR) is 66.4 cm³/mol. The molecular formula is C12H22BrNO. The van der Waals surface area contributed by atoms with Crippen molar-refractivity contribution in [3.05, 3.63) is 0 Å². The number of aliphatic hydroxyl groups excluding tert-OH is 1. The highest BCUT2D eigenvalue weighted by Crippen LogP contribution is 2.35. The van der Waals surface area contributed by atoms with Crippen LogP contribution in [0.4, 0.5) is 0 Å². The fraction of sp³-hybridized carbons (Fsp3) is 1.00. The van der Waals surface area contributed by atoms with Gasteiger partial charge in [0.2, 0.25) is 0 Å². The summed E-state index contributed by atoms with van der Waals surface area (Å²) in [5, 5.41) is 10.4. The van der Waals surface area contributed by atoms with Crippen molar-refractivity contribution in [1.82, 2.24) is 4.90 Å². The van der Waals surface area contributed by atoms with Gasteiger partial charge in [-0.3, -0.25) is 4.90 Å². The first-order valence-electron chi connectivity index (χ1n) is 6.29. The molecule has 1 saturated heterocycles. The van der Waals surface area contributed by atoms with E-state index in [4.69, 9.17) is 0 Å². The molecule has 0 radical (unpaired) electrons. The molecule has 2 rings (SSSR count). The maximum atomic E-state index is 9.69. The topological polar surface area (TPSA) is 23.5 Å². The minimum absolute atomic E-state index is 0.188. The van der Waals surface area contributed by atoms with Crippen LogP contribution in [0.25, 0.3) is 0 Å². The third-order valence-electron chi connectivity index (χ3n) is 3.98. The van der Waals surface area contributed by atoms with Gasteiger partial charge < -0.3 is 5.11 Å². The number of halogens is 1. The SMILES string of the molecule is OC(CBr)CN1CCCC1C1CCCC1. The smallest absolute Gasteiger partial charge is 0.0763 e. The van der Waals surface area contributed by atoms with Crippen molar-refractivity contribution in [1.29, 1.82) is 0 Å². The number of likely N-dealkylation sites (tertiary alicyclic amines) is 1. The number of hydrogen-bond donors (Lipinski definition) is 1. The molecule has 15 heavy (non-hydrogen) atoms. The van der Waals surface area contributed by atoms with E-state index in [1.165, 1.54) is 45.1 Å². The van der Waals surface area contributed by atoms with Crippen molar-refractivity contribution >= 4 is 15.9 Å². The number of nitrogens with zero attached hydrogens (tertiary/aromatic N) is 1. The van der Waals surface area contributed by atoms with Gasteiger partial charge in [0.1, 0.15) is 0 Å². The van der Waals surface area contributed by atoms with Gasteiger partial charge in [-0.2, -0.15) is 0 Å². The summed E-state index contributed by atoms with van der Waals surface area (Å²) in [6.07, 6.45) is 8.20. The largest absolute Gasteiger partial charge is 0.391 e. The molecule has 2 fully saturated rings. The Bertz CT molecular complexity index is 194. The highest BCUT2D eigenvalue weighted by atomic mass is 79.9. The van der Waals surface area contributed by atoms with E-state index in [0.717, 1.165) is 18.5 Å². The molecule has 88 valence electrons. The zero-order valence-corrected chi connectivity index (χ0v) is 11.0. The Balaban J connectivity index is 1.86. The third-order valence-corrected chi connectivity index (χ3v) is 4.73. The number of alkyl halides is 1. The molecule has 1 heterocycles. The van der Waals surface area contributed by atoms with Crippen LogP contribution in [-0.4, -0.2) is 40.6 Å². The summed E-state index contributed by atoms with van der Waals surface area (Å²) >= 11 is 3.35. The average Bonchev–Trinajstić information content (AvgIpc) is 2.86. The van der Waals surface area contributed by atoms with Crippen molar-refractivity contribution < 1.29 is 5.11 Å². The van der Waals surface area contributed by atoms with Crippen LogP contribution in [0.15, 0.2) is 0 Å². The molecule has 2 atom stereocenters. The standard InChI is InChI=1S/C12H22BrNO/c13-8-11(15)9-14-7-3-6-12(14)10-4-1-2-5-10/h10-12,15H,1-9H2. The van der Waals surface area contributed by atoms with Gasteiger partial charge in [-0.05, 0) is 38.1 Å². The Morgan fingerprint density at radius 1 is 1.20 bits per heavy atom. The highest BCUT2D eigenvalue weighted by molar-refractivity contribution is 9.09. The number of hydrogen-bond acceptors (Lipinski definition) is 2. The van der Waals surface area contributed by atoms with Crippen LogP contribution in [0.5, 0.6) is 0 Å². The zero-order chi connectivity index (χ0) is 10.7. The average molecular weight is 276 g/mol. The molecule has 1 aliphatic heterocycles. The Morgan fingerprint density at radius 2 is 1.93 bits per heavy atom. The Morgan fingerprint density at radius 3 is 2.60 bits per heavy atom. The summed E-state index contributed by atoms with van der Waals surface area (Å²) in [5.41, 5.74) is 0. The fourth-order valence-corrected chi connectivity index (χ4v) is 3.48. The van der Waals surface area contributed by atoms with E-state index in [1.807, 2.05) is 0 Å². The van der Waals surface area contributed by atoms with Crippen molar-refractivity contribution in [2.45, 2.75) is 50.7 Å². The van der Waals surface area contributed by atoms with Crippen molar-refractivity contribution in [3.63, 3.8) is 0 Å². The van der Waals surface area contributed by atoms with E-state index >= 15 is 0 Å². The maximum Gasteiger partial charge on any atom is 0.0763 e. The summed E-state index contributed by atoms with van der Waals surface area (Å²) in [7, 11) is 0. The molecule has 2 nitrogen and oxygen atoms in total. The first-order chi connectivity index (χ1) is 7.31.